The molecular weight excluding hydrogens is 214 g/mol. The molecule has 0 radical (unpaired) electrons. The summed E-state index contributed by atoms with van der Waals surface area (Å²) in [6.07, 6.45) is -0.0455. The summed E-state index contributed by atoms with van der Waals surface area (Å²) in [7, 11) is 1.38. The van der Waals surface area contributed by atoms with Crippen molar-refractivity contribution in [2.24, 2.45) is 0 Å². The summed E-state index contributed by atoms with van der Waals surface area (Å²) in [5, 5.41) is 10.7. The predicted molar refractivity (Wildman–Crippen MR) is 54.9 cm³/mol. The number of para-hydroxylation sites is 1. The molecule has 1 fully saturated rings. The van der Waals surface area contributed by atoms with E-state index in [1.165, 1.54) is 13.2 Å². The molecule has 0 saturated carbocycles. The molecule has 0 aliphatic carbocycles. The van der Waals surface area contributed by atoms with Gasteiger partial charge in [-0.1, -0.05) is 6.07 Å². The molecule has 6 heteroatoms. The van der Waals surface area contributed by atoms with Crippen LogP contribution in [0, 0.1) is 10.1 Å². The molecule has 2 rings (SSSR count). The molecule has 1 aromatic carbocycles. The monoisotopic (exact) mass is 225 g/mol. The van der Waals surface area contributed by atoms with E-state index in [1.807, 2.05) is 0 Å². The zero-order valence-corrected chi connectivity index (χ0v) is 8.71. The van der Waals surface area contributed by atoms with Crippen LogP contribution in [-0.4, -0.2) is 31.4 Å². The van der Waals surface area contributed by atoms with Crippen molar-refractivity contribution in [3.05, 3.63) is 28.3 Å². The molecular formula is C10H11NO5. The number of hydrogen-bond donors (Lipinski definition) is 0. The van der Waals surface area contributed by atoms with E-state index in [0.29, 0.717) is 19.0 Å². The molecule has 0 atom stereocenters. The van der Waals surface area contributed by atoms with Crippen molar-refractivity contribution in [3.8, 4) is 11.5 Å². The van der Waals surface area contributed by atoms with Crippen LogP contribution in [0.5, 0.6) is 11.5 Å². The number of hydrogen-bond acceptors (Lipinski definition) is 5. The van der Waals surface area contributed by atoms with Gasteiger partial charge >= 0.3 is 5.69 Å². The molecule has 0 unspecified atom stereocenters. The van der Waals surface area contributed by atoms with Crippen LogP contribution in [0.3, 0.4) is 0 Å². The number of ether oxygens (including phenoxy) is 3. The third kappa shape index (κ3) is 1.92. The Labute approximate surface area is 91.9 Å². The van der Waals surface area contributed by atoms with E-state index >= 15 is 0 Å². The quantitative estimate of drug-likeness (QED) is 0.571. The van der Waals surface area contributed by atoms with Crippen molar-refractivity contribution in [2.45, 2.75) is 6.10 Å². The van der Waals surface area contributed by atoms with Crippen LogP contribution < -0.4 is 9.47 Å². The van der Waals surface area contributed by atoms with Gasteiger partial charge in [-0.15, -0.1) is 0 Å². The van der Waals surface area contributed by atoms with E-state index < -0.39 is 4.92 Å². The lowest BCUT2D eigenvalue weighted by Crippen LogP contribution is -2.38. The summed E-state index contributed by atoms with van der Waals surface area (Å²) in [6.45, 7) is 1.01. The van der Waals surface area contributed by atoms with Gasteiger partial charge in [0.05, 0.1) is 25.2 Å². The van der Waals surface area contributed by atoms with E-state index in [9.17, 15) is 10.1 Å². The maximum absolute atomic E-state index is 10.7. The van der Waals surface area contributed by atoms with Crippen molar-refractivity contribution in [3.63, 3.8) is 0 Å². The van der Waals surface area contributed by atoms with Gasteiger partial charge in [-0.05, 0) is 6.07 Å². The van der Waals surface area contributed by atoms with Crippen LogP contribution in [0.15, 0.2) is 18.2 Å². The molecule has 0 bridgehead atoms. The Kier molecular flexibility index (Phi) is 2.91. The van der Waals surface area contributed by atoms with Crippen LogP contribution >= 0.6 is 0 Å². The van der Waals surface area contributed by atoms with Crippen LogP contribution in [-0.2, 0) is 4.74 Å². The lowest BCUT2D eigenvalue weighted by atomic mass is 10.2. The summed E-state index contributed by atoms with van der Waals surface area (Å²) in [4.78, 5) is 10.3. The minimum Gasteiger partial charge on any atom is -0.488 e. The molecule has 86 valence electrons. The van der Waals surface area contributed by atoms with Crippen molar-refractivity contribution in [1.82, 2.24) is 0 Å². The summed E-state index contributed by atoms with van der Waals surface area (Å²) in [6, 6.07) is 4.59. The number of rotatable bonds is 4. The largest absolute Gasteiger partial charge is 0.488 e. The lowest BCUT2D eigenvalue weighted by molar-refractivity contribution is -0.385. The van der Waals surface area contributed by atoms with Crippen LogP contribution in [0.1, 0.15) is 0 Å². The van der Waals surface area contributed by atoms with Gasteiger partial charge in [0.2, 0.25) is 5.75 Å². The Bertz CT molecular complexity index is 402. The molecule has 1 aliphatic rings. The molecule has 1 saturated heterocycles. The number of nitro benzene ring substituents is 1. The van der Waals surface area contributed by atoms with Crippen molar-refractivity contribution < 1.29 is 19.1 Å². The minimum absolute atomic E-state index is 0.0455. The van der Waals surface area contributed by atoms with Gasteiger partial charge in [-0.3, -0.25) is 10.1 Å². The molecule has 0 aromatic heterocycles. The first kappa shape index (κ1) is 10.7. The number of nitrogens with zero attached hydrogens (tertiary/aromatic N) is 1. The number of nitro groups is 1. The maximum atomic E-state index is 10.7. The Hall–Kier alpha value is -1.82. The fourth-order valence-corrected chi connectivity index (χ4v) is 1.41. The number of benzene rings is 1. The fraction of sp³-hybridized carbons (Fsp3) is 0.400. The Morgan fingerprint density at radius 2 is 2.25 bits per heavy atom. The summed E-state index contributed by atoms with van der Waals surface area (Å²) >= 11 is 0. The smallest absolute Gasteiger partial charge is 0.314 e. The average molecular weight is 225 g/mol. The average Bonchev–Trinajstić information content (AvgIpc) is 2.22. The first-order chi connectivity index (χ1) is 7.72. The van der Waals surface area contributed by atoms with Crippen LogP contribution in [0.2, 0.25) is 0 Å². The molecule has 1 aliphatic heterocycles. The fourth-order valence-electron chi connectivity index (χ4n) is 1.41. The number of methoxy groups -OCH3 is 1. The standard InChI is InChI=1S/C10H11NO5/c1-14-10-8(11(12)13)3-2-4-9(10)16-7-5-15-6-7/h2-4,7H,5-6H2,1H3. The highest BCUT2D eigenvalue weighted by molar-refractivity contribution is 5.55. The SMILES string of the molecule is COc1c(OC2COC2)cccc1[N+](=O)[O-]. The van der Waals surface area contributed by atoms with E-state index in [0.717, 1.165) is 0 Å². The lowest BCUT2D eigenvalue weighted by Gasteiger charge is -2.27. The molecule has 0 N–H and O–H groups in total. The first-order valence-electron chi connectivity index (χ1n) is 4.78. The second-order valence-electron chi connectivity index (χ2n) is 3.34. The molecule has 0 amide bonds. The van der Waals surface area contributed by atoms with E-state index in [2.05, 4.69) is 0 Å². The van der Waals surface area contributed by atoms with Crippen molar-refractivity contribution >= 4 is 5.69 Å². The summed E-state index contributed by atoms with van der Waals surface area (Å²) in [5.41, 5.74) is -0.0970. The normalized spacial score (nSPS) is 15.3. The van der Waals surface area contributed by atoms with Crippen LogP contribution in [0.4, 0.5) is 5.69 Å². The van der Waals surface area contributed by atoms with E-state index in [-0.39, 0.29) is 17.5 Å². The molecule has 6 nitrogen and oxygen atoms in total. The highest BCUT2D eigenvalue weighted by atomic mass is 16.6. The van der Waals surface area contributed by atoms with Crippen molar-refractivity contribution in [1.29, 1.82) is 0 Å². The van der Waals surface area contributed by atoms with Gasteiger partial charge in [0, 0.05) is 6.07 Å². The Balaban J connectivity index is 2.28. The zero-order valence-electron chi connectivity index (χ0n) is 8.71. The van der Waals surface area contributed by atoms with Gasteiger partial charge in [0.25, 0.3) is 0 Å². The van der Waals surface area contributed by atoms with Gasteiger partial charge in [0.1, 0.15) is 6.10 Å². The maximum Gasteiger partial charge on any atom is 0.314 e. The topological polar surface area (TPSA) is 70.8 Å². The minimum atomic E-state index is -0.497. The van der Waals surface area contributed by atoms with Gasteiger partial charge in [-0.2, -0.15) is 0 Å². The van der Waals surface area contributed by atoms with E-state index in [4.69, 9.17) is 14.2 Å². The molecule has 0 spiro atoms. The summed E-state index contributed by atoms with van der Waals surface area (Å²) < 4.78 is 15.5. The summed E-state index contributed by atoms with van der Waals surface area (Å²) in [5.74, 6) is 0.532. The Morgan fingerprint density at radius 3 is 2.75 bits per heavy atom. The second-order valence-corrected chi connectivity index (χ2v) is 3.34. The van der Waals surface area contributed by atoms with Gasteiger partial charge in [-0.25, -0.2) is 0 Å². The molecule has 1 aromatic rings. The zero-order chi connectivity index (χ0) is 11.5. The van der Waals surface area contributed by atoms with Gasteiger partial charge in [0.15, 0.2) is 5.75 Å². The Morgan fingerprint density at radius 1 is 1.50 bits per heavy atom. The van der Waals surface area contributed by atoms with E-state index in [1.54, 1.807) is 12.1 Å². The van der Waals surface area contributed by atoms with Gasteiger partial charge < -0.3 is 14.2 Å². The second kappa shape index (κ2) is 4.36. The van der Waals surface area contributed by atoms with Crippen molar-refractivity contribution in [2.75, 3.05) is 20.3 Å². The highest BCUT2D eigenvalue weighted by Gasteiger charge is 2.25. The third-order valence-corrected chi connectivity index (χ3v) is 2.26. The highest BCUT2D eigenvalue weighted by Crippen LogP contribution is 2.37. The van der Waals surface area contributed by atoms with Crippen LogP contribution in [0.25, 0.3) is 0 Å². The predicted octanol–water partition coefficient (Wildman–Crippen LogP) is 1.38. The molecule has 16 heavy (non-hydrogen) atoms. The molecule has 1 heterocycles. The first-order valence-corrected chi connectivity index (χ1v) is 4.78. The third-order valence-electron chi connectivity index (χ3n) is 2.26.